The second-order valence-electron chi connectivity index (χ2n) is 8.26. The maximum Gasteiger partial charge on any atom is 0.247 e. The van der Waals surface area contributed by atoms with Crippen LogP contribution in [-0.2, 0) is 19.8 Å². The molecule has 1 aliphatic rings. The van der Waals surface area contributed by atoms with Gasteiger partial charge in [-0.1, -0.05) is 46.7 Å². The molecule has 2 amide bonds. The lowest BCUT2D eigenvalue weighted by molar-refractivity contribution is -0.121. The summed E-state index contributed by atoms with van der Waals surface area (Å²) in [6, 6.07) is 7.61. The smallest absolute Gasteiger partial charge is 0.247 e. The van der Waals surface area contributed by atoms with Gasteiger partial charge in [0.2, 0.25) is 19.1 Å². The summed E-state index contributed by atoms with van der Waals surface area (Å²) >= 11 is 1.42. The fourth-order valence-corrected chi connectivity index (χ4v) is 4.52. The predicted octanol–water partition coefficient (Wildman–Crippen LogP) is 3.39. The third kappa shape index (κ3) is 4.06. The van der Waals surface area contributed by atoms with E-state index in [2.05, 4.69) is 13.8 Å². The predicted molar refractivity (Wildman–Crippen MR) is 110 cm³/mol. The van der Waals surface area contributed by atoms with Crippen molar-refractivity contribution in [2.75, 3.05) is 11.2 Å². The van der Waals surface area contributed by atoms with Crippen LogP contribution in [0.1, 0.15) is 46.1 Å². The Hall–Kier alpha value is -1.56. The van der Waals surface area contributed by atoms with E-state index >= 15 is 0 Å². The molecule has 0 bridgehead atoms. The lowest BCUT2D eigenvalue weighted by Gasteiger charge is -2.34. The molecule has 1 saturated heterocycles. The van der Waals surface area contributed by atoms with Crippen molar-refractivity contribution < 1.29 is 14.4 Å². The molecule has 0 saturated carbocycles. The molecule has 0 aliphatic carbocycles. The van der Waals surface area contributed by atoms with Gasteiger partial charge in [-0.25, -0.2) is 4.90 Å². The quantitative estimate of drug-likeness (QED) is 0.543. The Morgan fingerprint density at radius 3 is 2.23 bits per heavy atom. The molecule has 1 aromatic carbocycles. The van der Waals surface area contributed by atoms with Gasteiger partial charge in [-0.05, 0) is 35.8 Å². The molecule has 6 heteroatoms. The van der Waals surface area contributed by atoms with Gasteiger partial charge < -0.3 is 4.79 Å². The maximum atomic E-state index is 12.4. The summed E-state index contributed by atoms with van der Waals surface area (Å²) in [5.74, 6) is -0.278. The first-order valence-corrected chi connectivity index (χ1v) is 10.4. The monoisotopic (exact) mass is 373 g/mol. The van der Waals surface area contributed by atoms with Gasteiger partial charge >= 0.3 is 0 Å². The number of hydrogen-bond donors (Lipinski definition) is 0. The minimum absolute atomic E-state index is 0.135. The molecule has 2 rings (SSSR count). The largest absolute Gasteiger partial charge is 0.311 e. The van der Waals surface area contributed by atoms with Crippen LogP contribution in [0.15, 0.2) is 24.3 Å². The summed E-state index contributed by atoms with van der Waals surface area (Å²) in [6.07, 6.45) is 2.85. The normalized spacial score (nSPS) is 18.4. The summed E-state index contributed by atoms with van der Waals surface area (Å²) in [6.45, 7) is 10.2. The second-order valence-corrected chi connectivity index (χ2v) is 9.30. The molecule has 26 heavy (non-hydrogen) atoms. The first kappa shape index (κ1) is 20.8. The number of carbonyl (C=O) groups excluding carboxylic acids is 3. The van der Waals surface area contributed by atoms with Crippen molar-refractivity contribution in [3.05, 3.63) is 29.8 Å². The van der Waals surface area contributed by atoms with E-state index in [1.807, 2.05) is 51.2 Å². The zero-order chi connectivity index (χ0) is 19.7. The summed E-state index contributed by atoms with van der Waals surface area (Å²) < 4.78 is 0. The number of benzene rings is 1. The van der Waals surface area contributed by atoms with Gasteiger partial charge in [0, 0.05) is 11.8 Å². The lowest BCUT2D eigenvalue weighted by Crippen LogP contribution is -2.35. The van der Waals surface area contributed by atoms with Crippen LogP contribution in [-0.4, -0.2) is 36.3 Å². The van der Waals surface area contributed by atoms with Gasteiger partial charge in [-0.15, -0.1) is 0 Å². The van der Waals surface area contributed by atoms with Crippen LogP contribution in [0.4, 0.5) is 5.69 Å². The number of anilines is 1. The van der Waals surface area contributed by atoms with E-state index < -0.39 is 0 Å². The molecule has 1 heterocycles. The van der Waals surface area contributed by atoms with E-state index in [1.54, 1.807) is 0 Å². The molecule has 1 fully saturated rings. The van der Waals surface area contributed by atoms with Crippen molar-refractivity contribution in [3.8, 4) is 0 Å². The highest BCUT2D eigenvalue weighted by Crippen LogP contribution is 2.38. The molecule has 0 aromatic heterocycles. The highest BCUT2D eigenvalue weighted by atomic mass is 32.2. The summed E-state index contributed by atoms with van der Waals surface area (Å²) in [5, 5.41) is -0.278. The number of rotatable bonds is 7. The molecule has 1 unspecified atom stereocenters. The van der Waals surface area contributed by atoms with Crippen molar-refractivity contribution in [3.63, 3.8) is 0 Å². The molecule has 1 aromatic rings. The highest BCUT2D eigenvalue weighted by Gasteiger charge is 2.39. The third-order valence-electron chi connectivity index (χ3n) is 5.26. The van der Waals surface area contributed by atoms with Crippen LogP contribution in [0.5, 0.6) is 0 Å². The number of carbonyl (C=O) groups is 3. The molecule has 140 valence electrons. The fourth-order valence-electron chi connectivity index (χ4n) is 3.91. The van der Waals surface area contributed by atoms with E-state index in [0.717, 1.165) is 12.0 Å². The minimum atomic E-state index is -0.386. The number of amides is 2. The highest BCUT2D eigenvalue weighted by molar-refractivity contribution is 8.00. The van der Waals surface area contributed by atoms with E-state index in [9.17, 15) is 14.4 Å². The van der Waals surface area contributed by atoms with Crippen molar-refractivity contribution >= 4 is 42.2 Å². The van der Waals surface area contributed by atoms with Crippen molar-refractivity contribution in [1.82, 2.24) is 0 Å². The van der Waals surface area contributed by atoms with Crippen molar-refractivity contribution in [1.29, 1.82) is 0 Å². The standard InChI is InChI=1S/C20H28BNO3S/c1-19(2,12-20(3,4)18(25)21-5)13-7-9-14(10-8-13)22-16(23)11-15(26-6)17(22)24/h7-10,15,21H,11-12H2,1-6H3. The van der Waals surface area contributed by atoms with Crippen LogP contribution in [0.3, 0.4) is 0 Å². The van der Waals surface area contributed by atoms with Crippen LogP contribution in [0.25, 0.3) is 0 Å². The SMILES string of the molecule is CBC(=O)C(C)(C)CC(C)(C)c1ccc(N2C(=O)CC(SC)C2=O)cc1. The lowest BCUT2D eigenvalue weighted by atomic mass is 9.59. The Labute approximate surface area is 161 Å². The summed E-state index contributed by atoms with van der Waals surface area (Å²) in [7, 11) is 0.539. The average Bonchev–Trinajstić information content (AvgIpc) is 2.87. The fraction of sp³-hybridized carbons (Fsp3) is 0.550. The Morgan fingerprint density at radius 2 is 1.77 bits per heavy atom. The Balaban J connectivity index is 2.22. The van der Waals surface area contributed by atoms with Crippen LogP contribution in [0.2, 0.25) is 6.82 Å². The van der Waals surface area contributed by atoms with Gasteiger partial charge in [-0.2, -0.15) is 11.8 Å². The van der Waals surface area contributed by atoms with Crippen molar-refractivity contribution in [2.45, 2.75) is 58.0 Å². The van der Waals surface area contributed by atoms with Crippen molar-refractivity contribution in [2.24, 2.45) is 5.41 Å². The molecular weight excluding hydrogens is 345 g/mol. The van der Waals surface area contributed by atoms with Crippen LogP contribution in [0, 0.1) is 5.41 Å². The molecular formula is C20H28BNO3S. The summed E-state index contributed by atoms with van der Waals surface area (Å²) in [5.41, 5.74) is 1.41. The van der Waals surface area contributed by atoms with Gasteiger partial charge in [0.25, 0.3) is 0 Å². The molecule has 0 N–H and O–H groups in total. The first-order valence-electron chi connectivity index (χ1n) is 9.07. The molecule has 0 radical (unpaired) electrons. The first-order chi connectivity index (χ1) is 12.0. The van der Waals surface area contributed by atoms with E-state index in [1.165, 1.54) is 16.7 Å². The summed E-state index contributed by atoms with van der Waals surface area (Å²) in [4.78, 5) is 38.1. The third-order valence-corrected chi connectivity index (χ3v) is 6.19. The number of thioether (sulfide) groups is 1. The molecule has 0 spiro atoms. The second kappa shape index (κ2) is 7.59. The van der Waals surface area contributed by atoms with Gasteiger partial charge in [0.05, 0.1) is 16.6 Å². The van der Waals surface area contributed by atoms with E-state index in [4.69, 9.17) is 0 Å². The number of imide groups is 1. The molecule has 1 aliphatic heterocycles. The number of hydrogen-bond acceptors (Lipinski definition) is 4. The van der Waals surface area contributed by atoms with E-state index in [0.29, 0.717) is 13.0 Å². The Bertz CT molecular complexity index is 712. The Morgan fingerprint density at radius 1 is 1.19 bits per heavy atom. The zero-order valence-electron chi connectivity index (χ0n) is 16.6. The molecule has 4 nitrogen and oxygen atoms in total. The Kier molecular flexibility index (Phi) is 6.06. The average molecular weight is 373 g/mol. The van der Waals surface area contributed by atoms with Crippen LogP contribution >= 0.6 is 11.8 Å². The van der Waals surface area contributed by atoms with Gasteiger partial charge in [-0.3, -0.25) is 9.59 Å². The minimum Gasteiger partial charge on any atom is -0.311 e. The topological polar surface area (TPSA) is 54.5 Å². The van der Waals surface area contributed by atoms with Crippen LogP contribution < -0.4 is 4.90 Å². The van der Waals surface area contributed by atoms with Gasteiger partial charge in [0.1, 0.15) is 0 Å². The maximum absolute atomic E-state index is 12.4. The zero-order valence-corrected chi connectivity index (χ0v) is 17.4. The number of nitrogens with zero attached hydrogens (tertiary/aromatic N) is 1. The van der Waals surface area contributed by atoms with E-state index in [-0.39, 0.29) is 40.0 Å². The van der Waals surface area contributed by atoms with Gasteiger partial charge in [0.15, 0.2) is 0 Å². The molecule has 1 atom stereocenters.